The van der Waals surface area contributed by atoms with Gasteiger partial charge in [-0.25, -0.2) is 4.98 Å². The third-order valence-electron chi connectivity index (χ3n) is 2.74. The number of phenolic OH excluding ortho intramolecular Hbond substituents is 1. The lowest BCUT2D eigenvalue weighted by Gasteiger charge is -2.02. The first-order valence-electron chi connectivity index (χ1n) is 5.98. The average molecular weight is 428 g/mol. The number of rotatable bonds is 3. The van der Waals surface area contributed by atoms with E-state index in [0.717, 1.165) is 26.5 Å². The average Bonchev–Trinajstić information content (AvgIpc) is 2.88. The van der Waals surface area contributed by atoms with Crippen molar-refractivity contribution in [2.45, 2.75) is 0 Å². The lowest BCUT2D eigenvalue weighted by Crippen LogP contribution is -1.89. The van der Waals surface area contributed by atoms with Gasteiger partial charge in [-0.05, 0) is 24.3 Å². The topological polar surface area (TPSA) is 45.1 Å². The molecule has 0 fully saturated rings. The third-order valence-corrected chi connectivity index (χ3v) is 4.03. The van der Waals surface area contributed by atoms with Crippen LogP contribution in [0.25, 0.3) is 11.3 Å². The highest BCUT2D eigenvalue weighted by molar-refractivity contribution is 9.10. The van der Waals surface area contributed by atoms with Gasteiger partial charge in [0.1, 0.15) is 5.75 Å². The smallest absolute Gasteiger partial charge is 0.187 e. The van der Waals surface area contributed by atoms with Gasteiger partial charge in [0.05, 0.1) is 5.69 Å². The number of hydrogen-bond donors (Lipinski definition) is 2. The van der Waals surface area contributed by atoms with E-state index >= 15 is 0 Å². The summed E-state index contributed by atoms with van der Waals surface area (Å²) in [6, 6.07) is 15.0. The van der Waals surface area contributed by atoms with E-state index in [0.29, 0.717) is 0 Å². The van der Waals surface area contributed by atoms with E-state index in [9.17, 15) is 5.11 Å². The van der Waals surface area contributed by atoms with Crippen molar-refractivity contribution in [2.24, 2.45) is 0 Å². The fourth-order valence-corrected chi connectivity index (χ4v) is 2.80. The number of benzene rings is 2. The van der Waals surface area contributed by atoms with Crippen LogP contribution in [-0.2, 0) is 0 Å². The molecule has 0 atom stereocenters. The Kier molecular flexibility index (Phi) is 5.39. The van der Waals surface area contributed by atoms with Crippen molar-refractivity contribution in [3.8, 4) is 17.0 Å². The van der Waals surface area contributed by atoms with E-state index in [1.807, 2.05) is 35.7 Å². The molecular formula is C15H12Br2N2OS. The standard InChI is InChI=1S/C15H11BrN2OS.BrH/c16-11-6-4-10(5-7-11)14-9-20-15(18-14)17-12-2-1-3-13(19)8-12;/h1-9,19H,(H,17,18);1H. The highest BCUT2D eigenvalue weighted by atomic mass is 79.9. The molecule has 0 radical (unpaired) electrons. The summed E-state index contributed by atoms with van der Waals surface area (Å²) in [7, 11) is 0. The minimum Gasteiger partial charge on any atom is -0.508 e. The van der Waals surface area contributed by atoms with E-state index in [4.69, 9.17) is 0 Å². The zero-order valence-electron chi connectivity index (χ0n) is 10.8. The molecule has 2 aromatic carbocycles. The van der Waals surface area contributed by atoms with Crippen molar-refractivity contribution in [2.75, 3.05) is 5.32 Å². The molecule has 0 aliphatic heterocycles. The number of phenols is 1. The maximum Gasteiger partial charge on any atom is 0.187 e. The number of aromatic nitrogens is 1. The van der Waals surface area contributed by atoms with E-state index < -0.39 is 0 Å². The van der Waals surface area contributed by atoms with Gasteiger partial charge in [0.2, 0.25) is 0 Å². The summed E-state index contributed by atoms with van der Waals surface area (Å²) in [5, 5.41) is 15.4. The molecule has 0 unspecified atom stereocenters. The number of anilines is 2. The van der Waals surface area contributed by atoms with Crippen LogP contribution in [0.4, 0.5) is 10.8 Å². The molecule has 0 aliphatic carbocycles. The van der Waals surface area contributed by atoms with Crippen LogP contribution in [0.5, 0.6) is 5.75 Å². The molecule has 0 saturated heterocycles. The van der Waals surface area contributed by atoms with Crippen molar-refractivity contribution >= 4 is 55.1 Å². The van der Waals surface area contributed by atoms with E-state index in [1.54, 1.807) is 18.2 Å². The van der Waals surface area contributed by atoms with Crippen molar-refractivity contribution < 1.29 is 5.11 Å². The Morgan fingerprint density at radius 3 is 2.57 bits per heavy atom. The summed E-state index contributed by atoms with van der Waals surface area (Å²) in [6.07, 6.45) is 0. The van der Waals surface area contributed by atoms with E-state index in [1.165, 1.54) is 11.3 Å². The van der Waals surface area contributed by atoms with Crippen LogP contribution >= 0.6 is 44.2 Å². The first-order chi connectivity index (χ1) is 9.70. The Labute approximate surface area is 145 Å². The molecule has 108 valence electrons. The molecule has 3 rings (SSSR count). The van der Waals surface area contributed by atoms with Gasteiger partial charge in [-0.2, -0.15) is 0 Å². The van der Waals surface area contributed by atoms with Gasteiger partial charge >= 0.3 is 0 Å². The Bertz CT molecular complexity index is 729. The zero-order valence-corrected chi connectivity index (χ0v) is 14.9. The molecule has 0 saturated carbocycles. The Balaban J connectivity index is 0.00000161. The predicted octanol–water partition coefficient (Wildman–Crippen LogP) is 5.60. The molecule has 0 amide bonds. The lowest BCUT2D eigenvalue weighted by molar-refractivity contribution is 0.475. The molecule has 3 aromatic rings. The summed E-state index contributed by atoms with van der Waals surface area (Å²) >= 11 is 4.95. The van der Waals surface area contributed by atoms with Gasteiger partial charge in [-0.15, -0.1) is 28.3 Å². The number of hydrogen-bond acceptors (Lipinski definition) is 4. The van der Waals surface area contributed by atoms with Crippen LogP contribution in [0.3, 0.4) is 0 Å². The molecule has 6 heteroatoms. The largest absolute Gasteiger partial charge is 0.508 e. The molecule has 1 aromatic heterocycles. The first-order valence-corrected chi connectivity index (χ1v) is 7.65. The number of nitrogens with one attached hydrogen (secondary N) is 1. The molecule has 21 heavy (non-hydrogen) atoms. The molecular weight excluding hydrogens is 416 g/mol. The second-order valence-electron chi connectivity index (χ2n) is 4.22. The lowest BCUT2D eigenvalue weighted by atomic mass is 10.2. The Morgan fingerprint density at radius 1 is 1.10 bits per heavy atom. The maximum absolute atomic E-state index is 9.44. The quantitative estimate of drug-likeness (QED) is 0.571. The van der Waals surface area contributed by atoms with Crippen LogP contribution in [0, 0.1) is 0 Å². The predicted molar refractivity (Wildman–Crippen MR) is 97.0 cm³/mol. The fourth-order valence-electron chi connectivity index (χ4n) is 1.79. The highest BCUT2D eigenvalue weighted by Gasteiger charge is 2.05. The molecule has 0 bridgehead atoms. The van der Waals surface area contributed by atoms with Gasteiger partial charge in [-0.1, -0.05) is 34.1 Å². The summed E-state index contributed by atoms with van der Waals surface area (Å²) in [5.41, 5.74) is 2.83. The minimum absolute atomic E-state index is 0. The fraction of sp³-hybridized carbons (Fsp3) is 0. The molecule has 0 aliphatic rings. The molecule has 0 spiro atoms. The van der Waals surface area contributed by atoms with Gasteiger partial charge in [0.15, 0.2) is 5.13 Å². The third kappa shape index (κ3) is 4.06. The second-order valence-corrected chi connectivity index (χ2v) is 5.99. The van der Waals surface area contributed by atoms with Crippen molar-refractivity contribution in [1.29, 1.82) is 0 Å². The monoisotopic (exact) mass is 426 g/mol. The zero-order chi connectivity index (χ0) is 13.9. The molecule has 2 N–H and O–H groups in total. The van der Waals surface area contributed by atoms with Crippen LogP contribution in [0.1, 0.15) is 0 Å². The molecule has 1 heterocycles. The SMILES string of the molecule is Br.Oc1cccc(Nc2nc(-c3ccc(Br)cc3)cs2)c1. The number of halogens is 2. The highest BCUT2D eigenvalue weighted by Crippen LogP contribution is 2.28. The van der Waals surface area contributed by atoms with Crippen molar-refractivity contribution in [1.82, 2.24) is 4.98 Å². The number of aromatic hydroxyl groups is 1. The van der Waals surface area contributed by atoms with Gasteiger partial charge in [-0.3, -0.25) is 0 Å². The Morgan fingerprint density at radius 2 is 1.86 bits per heavy atom. The minimum atomic E-state index is 0. The van der Waals surface area contributed by atoms with Crippen LogP contribution < -0.4 is 5.32 Å². The Hall–Kier alpha value is -1.37. The normalized spacial score (nSPS) is 9.95. The summed E-state index contributed by atoms with van der Waals surface area (Å²) < 4.78 is 1.05. The number of nitrogens with zero attached hydrogens (tertiary/aromatic N) is 1. The van der Waals surface area contributed by atoms with Crippen molar-refractivity contribution in [3.63, 3.8) is 0 Å². The van der Waals surface area contributed by atoms with Crippen LogP contribution in [0.2, 0.25) is 0 Å². The van der Waals surface area contributed by atoms with E-state index in [2.05, 4.69) is 26.2 Å². The van der Waals surface area contributed by atoms with E-state index in [-0.39, 0.29) is 22.7 Å². The second kappa shape index (κ2) is 7.06. The van der Waals surface area contributed by atoms with Gasteiger partial charge in [0.25, 0.3) is 0 Å². The summed E-state index contributed by atoms with van der Waals surface area (Å²) in [6.45, 7) is 0. The number of thiazole rings is 1. The maximum atomic E-state index is 9.44. The van der Waals surface area contributed by atoms with Crippen molar-refractivity contribution in [3.05, 3.63) is 58.4 Å². The van der Waals surface area contributed by atoms with Gasteiger partial charge < -0.3 is 10.4 Å². The first kappa shape index (κ1) is 16.0. The summed E-state index contributed by atoms with van der Waals surface area (Å²) in [5.74, 6) is 0.236. The summed E-state index contributed by atoms with van der Waals surface area (Å²) in [4.78, 5) is 4.55. The van der Waals surface area contributed by atoms with Gasteiger partial charge in [0, 0.05) is 27.2 Å². The van der Waals surface area contributed by atoms with Crippen LogP contribution in [-0.4, -0.2) is 10.1 Å². The molecule has 3 nitrogen and oxygen atoms in total. The van der Waals surface area contributed by atoms with Crippen LogP contribution in [0.15, 0.2) is 58.4 Å².